The van der Waals surface area contributed by atoms with Gasteiger partial charge in [0.25, 0.3) is 0 Å². The Hall–Kier alpha value is -2.33. The minimum Gasteiger partial charge on any atom is -0.207 e. The molecular weight excluding hydrogens is 436 g/mol. The van der Waals surface area contributed by atoms with Gasteiger partial charge in [-0.2, -0.15) is 0 Å². The van der Waals surface area contributed by atoms with Gasteiger partial charge in [0.15, 0.2) is 0 Å². The first-order valence-corrected chi connectivity index (χ1v) is 11.0. The van der Waals surface area contributed by atoms with Crippen LogP contribution < -0.4 is 0 Å². The molecule has 0 saturated carbocycles. The van der Waals surface area contributed by atoms with Crippen molar-refractivity contribution in [2.75, 3.05) is 0 Å². The first-order chi connectivity index (χ1) is 14.9. The van der Waals surface area contributed by atoms with Crippen LogP contribution in [0, 0.1) is 23.3 Å². The summed E-state index contributed by atoms with van der Waals surface area (Å²) in [6, 6.07) is 15.4. The van der Waals surface area contributed by atoms with Gasteiger partial charge in [-0.15, -0.1) is 0 Å². The van der Waals surface area contributed by atoms with E-state index in [0.29, 0.717) is 17.0 Å². The van der Waals surface area contributed by atoms with Gasteiger partial charge < -0.3 is 0 Å². The zero-order valence-electron chi connectivity index (χ0n) is 19.4. The zero-order valence-corrected chi connectivity index (χ0v) is 20.2. The summed E-state index contributed by atoms with van der Waals surface area (Å²) >= 11 is 5.58. The average molecular weight is 467 g/mol. The fourth-order valence-corrected chi connectivity index (χ4v) is 2.97. The third-order valence-corrected chi connectivity index (χ3v) is 5.02. The number of halogens is 5. The molecule has 0 spiro atoms. The molecule has 0 aliphatic rings. The Morgan fingerprint density at radius 2 is 1.12 bits per heavy atom. The van der Waals surface area contributed by atoms with Gasteiger partial charge in [0.1, 0.15) is 23.3 Å². The summed E-state index contributed by atoms with van der Waals surface area (Å²) in [5, 5.41) is 0.205. The normalized spacial score (nSPS) is 10.6. The molecule has 3 aromatic rings. The molecule has 174 valence electrons. The van der Waals surface area contributed by atoms with Crippen molar-refractivity contribution in [1.29, 1.82) is 0 Å². The molecule has 0 bridgehead atoms. The van der Waals surface area contributed by atoms with E-state index < -0.39 is 11.6 Å². The highest BCUT2D eigenvalue weighted by Gasteiger charge is 2.08. The van der Waals surface area contributed by atoms with E-state index >= 15 is 0 Å². The van der Waals surface area contributed by atoms with Crippen molar-refractivity contribution < 1.29 is 17.6 Å². The molecule has 0 heterocycles. The monoisotopic (exact) mass is 466 g/mol. The minimum atomic E-state index is -0.521. The van der Waals surface area contributed by atoms with Gasteiger partial charge in [-0.05, 0) is 58.7 Å². The fourth-order valence-electron chi connectivity index (χ4n) is 2.78. The van der Waals surface area contributed by atoms with E-state index in [1.165, 1.54) is 29.8 Å². The quantitative estimate of drug-likeness (QED) is 0.337. The number of rotatable bonds is 3. The molecule has 0 N–H and O–H groups in total. The average Bonchev–Trinajstić information content (AvgIpc) is 2.71. The highest BCUT2D eigenvalue weighted by molar-refractivity contribution is 6.30. The second-order valence-corrected chi connectivity index (χ2v) is 8.73. The van der Waals surface area contributed by atoms with Crippen molar-refractivity contribution >= 4 is 11.6 Å². The molecule has 32 heavy (non-hydrogen) atoms. The highest BCUT2D eigenvalue weighted by Crippen LogP contribution is 2.23. The summed E-state index contributed by atoms with van der Waals surface area (Å²) in [7, 11) is 0. The van der Waals surface area contributed by atoms with Crippen LogP contribution in [-0.2, 0) is 0 Å². The summed E-state index contributed by atoms with van der Waals surface area (Å²) in [5.74, 6) is -0.648. The number of benzene rings is 3. The van der Waals surface area contributed by atoms with E-state index in [2.05, 4.69) is 13.8 Å². The molecule has 3 aromatic carbocycles. The van der Waals surface area contributed by atoms with E-state index in [0.717, 1.165) is 6.07 Å². The Morgan fingerprint density at radius 3 is 1.56 bits per heavy atom. The van der Waals surface area contributed by atoms with Crippen LogP contribution in [0.3, 0.4) is 0 Å². The molecular formula is C27H31ClF4. The van der Waals surface area contributed by atoms with Crippen LogP contribution >= 0.6 is 11.6 Å². The Bertz CT molecular complexity index is 964. The van der Waals surface area contributed by atoms with E-state index in [4.69, 9.17) is 11.6 Å². The first-order valence-electron chi connectivity index (χ1n) is 10.6. The predicted octanol–water partition coefficient (Wildman–Crippen LogP) is 9.64. The predicted molar refractivity (Wildman–Crippen MR) is 126 cm³/mol. The molecule has 0 nitrogen and oxygen atoms in total. The number of hydrogen-bond acceptors (Lipinski definition) is 0. The van der Waals surface area contributed by atoms with Gasteiger partial charge >= 0.3 is 0 Å². The molecule has 0 radical (unpaired) electrons. The van der Waals surface area contributed by atoms with Crippen LogP contribution in [0.1, 0.15) is 76.0 Å². The lowest BCUT2D eigenvalue weighted by Gasteiger charge is -2.06. The second kappa shape index (κ2) is 13.3. The zero-order chi connectivity index (χ0) is 24.4. The third-order valence-electron chi connectivity index (χ3n) is 4.72. The van der Waals surface area contributed by atoms with Gasteiger partial charge in [0, 0.05) is 6.07 Å². The number of hydrogen-bond donors (Lipinski definition) is 0. The molecule has 3 rings (SSSR count). The lowest BCUT2D eigenvalue weighted by Crippen LogP contribution is -1.92. The van der Waals surface area contributed by atoms with Crippen molar-refractivity contribution in [3.63, 3.8) is 0 Å². The molecule has 0 saturated heterocycles. The van der Waals surface area contributed by atoms with Crippen LogP contribution in [0.5, 0.6) is 0 Å². The summed E-state index contributed by atoms with van der Waals surface area (Å²) in [4.78, 5) is 0. The van der Waals surface area contributed by atoms with Crippen LogP contribution in [0.4, 0.5) is 17.6 Å². The maximum absolute atomic E-state index is 13.1. The SMILES string of the molecule is CC(C)c1ccc(F)cc1.CC(C)c1ccc(F)cc1F.CC(C)c1cccc(Cl)c1F. The van der Waals surface area contributed by atoms with Gasteiger partial charge in [0.2, 0.25) is 0 Å². The van der Waals surface area contributed by atoms with Crippen molar-refractivity contribution in [3.8, 4) is 0 Å². The van der Waals surface area contributed by atoms with E-state index in [1.807, 2.05) is 39.8 Å². The molecule has 0 fully saturated rings. The topological polar surface area (TPSA) is 0 Å². The Morgan fingerprint density at radius 1 is 0.594 bits per heavy atom. The van der Waals surface area contributed by atoms with Crippen molar-refractivity contribution in [2.45, 2.75) is 59.3 Å². The summed E-state index contributed by atoms with van der Waals surface area (Å²) in [5.41, 5.74) is 2.42. The van der Waals surface area contributed by atoms with Gasteiger partial charge in [0.05, 0.1) is 5.02 Å². The van der Waals surface area contributed by atoms with Crippen molar-refractivity contribution in [3.05, 3.63) is 106 Å². The summed E-state index contributed by atoms with van der Waals surface area (Å²) in [6.45, 7) is 11.8. The second-order valence-electron chi connectivity index (χ2n) is 8.32. The molecule has 0 aliphatic heterocycles. The van der Waals surface area contributed by atoms with Crippen LogP contribution in [-0.4, -0.2) is 0 Å². The van der Waals surface area contributed by atoms with Crippen LogP contribution in [0.25, 0.3) is 0 Å². The molecule has 0 aromatic heterocycles. The van der Waals surface area contributed by atoms with E-state index in [9.17, 15) is 17.6 Å². The van der Waals surface area contributed by atoms with Gasteiger partial charge in [-0.1, -0.05) is 83.5 Å². The highest BCUT2D eigenvalue weighted by atomic mass is 35.5. The lowest BCUT2D eigenvalue weighted by atomic mass is 10.0. The molecule has 0 aliphatic carbocycles. The summed E-state index contributed by atoms with van der Waals surface area (Å²) < 4.78 is 50.7. The van der Waals surface area contributed by atoms with Gasteiger partial charge in [-0.25, -0.2) is 17.6 Å². The minimum absolute atomic E-state index is 0.107. The molecule has 0 atom stereocenters. The lowest BCUT2D eigenvalue weighted by molar-refractivity contribution is 0.565. The van der Waals surface area contributed by atoms with Gasteiger partial charge in [-0.3, -0.25) is 0 Å². The van der Waals surface area contributed by atoms with E-state index in [1.54, 1.807) is 18.2 Å². The smallest absolute Gasteiger partial charge is 0.145 e. The molecule has 0 amide bonds. The standard InChI is InChI=1S/C9H10ClF.C9H10F2.C9H11F/c1-6(2)7-4-3-5-8(10)9(7)11;1-6(2)8-4-3-7(10)5-9(8)11;1-7(2)8-3-5-9(10)6-4-8/h2*3-6H,1-2H3;3-7H,1-2H3. The maximum Gasteiger partial charge on any atom is 0.145 e. The van der Waals surface area contributed by atoms with E-state index in [-0.39, 0.29) is 28.5 Å². The molecule has 5 heteroatoms. The maximum atomic E-state index is 13.1. The van der Waals surface area contributed by atoms with Crippen LogP contribution in [0.2, 0.25) is 5.02 Å². The Kier molecular flexibility index (Phi) is 11.5. The molecule has 0 unspecified atom stereocenters. The first kappa shape index (κ1) is 27.7. The van der Waals surface area contributed by atoms with Crippen LogP contribution in [0.15, 0.2) is 60.7 Å². The Balaban J connectivity index is 0.000000240. The fraction of sp³-hybridized carbons (Fsp3) is 0.333. The van der Waals surface area contributed by atoms with Crippen molar-refractivity contribution in [1.82, 2.24) is 0 Å². The summed E-state index contributed by atoms with van der Waals surface area (Å²) in [6.07, 6.45) is 0. The van der Waals surface area contributed by atoms with Crippen molar-refractivity contribution in [2.24, 2.45) is 0 Å². The third kappa shape index (κ3) is 9.04. The Labute approximate surface area is 194 Å². The largest absolute Gasteiger partial charge is 0.207 e.